The molecule has 0 aliphatic heterocycles. The van der Waals surface area contributed by atoms with E-state index in [2.05, 4.69) is 82.1 Å². The summed E-state index contributed by atoms with van der Waals surface area (Å²) < 4.78 is 0. The molecule has 9 rings (SSSR count). The third-order valence-corrected chi connectivity index (χ3v) is 14.1. The maximum atomic E-state index is 12.0. The van der Waals surface area contributed by atoms with Gasteiger partial charge >= 0.3 is 0 Å². The van der Waals surface area contributed by atoms with Crippen molar-refractivity contribution >= 4 is 50.8 Å². The standard InChI is InChI=1S/3C17H18O/c1-8-6-13-10(3)17-12(5)15(18)7-14(17)11(4)16(13)9(8)2;1-8-6-13-14-7-15(18)12(5)17(14)11(4)10(3)16(13)9(8)2;1-8-6-13-10(3)11(4)14-7-15(18)12(5)17(14)16(13)9(8)2/h3*1,6-7H2,2-5H3. The minimum absolute atomic E-state index is 0.284. The van der Waals surface area contributed by atoms with Crippen LogP contribution in [0.15, 0.2) is 36.5 Å². The van der Waals surface area contributed by atoms with Gasteiger partial charge in [-0.1, -0.05) is 19.7 Å². The molecule has 0 bridgehead atoms. The molecule has 0 atom stereocenters. The van der Waals surface area contributed by atoms with Crippen LogP contribution in [0.3, 0.4) is 0 Å². The van der Waals surface area contributed by atoms with Gasteiger partial charge in [-0.2, -0.15) is 0 Å². The lowest BCUT2D eigenvalue weighted by Crippen LogP contribution is -2.32. The Bertz CT molecular complexity index is 2650. The van der Waals surface area contributed by atoms with Gasteiger partial charge < -0.3 is 0 Å². The van der Waals surface area contributed by atoms with Crippen LogP contribution in [0, 0.1) is 41.5 Å². The van der Waals surface area contributed by atoms with Crippen LogP contribution in [-0.2, 0) is 52.9 Å². The van der Waals surface area contributed by atoms with Gasteiger partial charge in [0.25, 0.3) is 0 Å². The molecule has 3 aromatic carbocycles. The summed E-state index contributed by atoms with van der Waals surface area (Å²) in [5.74, 6) is 0.860. The normalized spacial score (nSPS) is 17.6. The number of carbonyl (C=O) groups is 3. The number of hydrogen-bond donors (Lipinski definition) is 0. The minimum atomic E-state index is 0.284. The molecule has 6 aliphatic rings. The maximum absolute atomic E-state index is 12.0. The van der Waals surface area contributed by atoms with Gasteiger partial charge in [0.2, 0.25) is 0 Å². The number of allylic oxidation sites excluding steroid dienone is 3. The first-order valence-corrected chi connectivity index (χ1v) is 19.4. The number of benzene rings is 3. The molecular weight excluding hydrogens is 661 g/mol. The molecule has 0 radical (unpaired) electrons. The predicted octanol–water partition coefficient (Wildman–Crippen LogP) is 5.65. The molecule has 3 aromatic rings. The zero-order valence-electron chi connectivity index (χ0n) is 34.6. The molecule has 0 amide bonds. The Balaban J connectivity index is 0.000000125. The predicted molar refractivity (Wildman–Crippen MR) is 225 cm³/mol. The van der Waals surface area contributed by atoms with Gasteiger partial charge in [-0.05, 0) is 234 Å². The van der Waals surface area contributed by atoms with Crippen LogP contribution in [0.4, 0.5) is 0 Å². The molecule has 0 heterocycles. The number of carbonyl (C=O) groups excluding carboxylic acids is 3. The number of hydrogen-bond acceptors (Lipinski definition) is 3. The van der Waals surface area contributed by atoms with Crippen molar-refractivity contribution in [3.05, 3.63) is 135 Å². The molecule has 276 valence electrons. The van der Waals surface area contributed by atoms with E-state index in [0.29, 0.717) is 19.3 Å². The summed E-state index contributed by atoms with van der Waals surface area (Å²) in [6, 6.07) is 0. The Kier molecular flexibility index (Phi) is 8.91. The van der Waals surface area contributed by atoms with Crippen molar-refractivity contribution in [1.29, 1.82) is 0 Å². The average molecular weight is 715 g/mol. The Morgan fingerprint density at radius 3 is 0.981 bits per heavy atom. The SMILES string of the molecule is C=C1Cc2c(C)c(C)c3c(c2=C1C)=C(C)C(=O)C3.C=C1Cc2c(C)c3c(c(C)c2=C1C)CC(=O)C=3C.C=C1Cc2c3c(c(C)c(C)c2=C1C)=C(C)C(=O)C3. The van der Waals surface area contributed by atoms with E-state index in [-0.39, 0.29) is 17.3 Å². The average Bonchev–Trinajstić information content (AvgIpc) is 3.93. The lowest BCUT2D eigenvalue weighted by Gasteiger charge is -2.10. The highest BCUT2D eigenvalue weighted by atomic mass is 16.1. The van der Waals surface area contributed by atoms with Crippen LogP contribution in [0.2, 0.25) is 0 Å². The molecule has 0 unspecified atom stereocenters. The zero-order chi connectivity index (χ0) is 39.6. The van der Waals surface area contributed by atoms with Crippen LogP contribution >= 0.6 is 0 Å². The van der Waals surface area contributed by atoms with E-state index in [1.165, 1.54) is 132 Å². The van der Waals surface area contributed by atoms with Gasteiger partial charge in [-0.25, -0.2) is 0 Å². The van der Waals surface area contributed by atoms with E-state index in [1.807, 2.05) is 20.8 Å². The smallest absolute Gasteiger partial charge is 0.163 e. The molecule has 0 fully saturated rings. The second kappa shape index (κ2) is 12.9. The first-order chi connectivity index (χ1) is 25.3. The molecule has 0 saturated heterocycles. The zero-order valence-corrected chi connectivity index (χ0v) is 34.6. The van der Waals surface area contributed by atoms with Gasteiger partial charge in [-0.3, -0.25) is 14.4 Å². The Labute approximate surface area is 320 Å². The van der Waals surface area contributed by atoms with Crippen LogP contribution in [0.1, 0.15) is 108 Å². The second-order valence-electron chi connectivity index (χ2n) is 16.8. The maximum Gasteiger partial charge on any atom is 0.163 e. The third-order valence-electron chi connectivity index (χ3n) is 14.1. The van der Waals surface area contributed by atoms with Gasteiger partial charge in [0.1, 0.15) is 0 Å². The fraction of sp³-hybridized carbons (Fsp3) is 0.353. The highest BCUT2D eigenvalue weighted by Gasteiger charge is 2.29. The van der Waals surface area contributed by atoms with Crippen molar-refractivity contribution in [2.45, 2.75) is 122 Å². The summed E-state index contributed by atoms with van der Waals surface area (Å²) in [7, 11) is 0. The number of fused-ring (bicyclic) bond motifs is 8. The fourth-order valence-electron chi connectivity index (χ4n) is 10.4. The first-order valence-electron chi connectivity index (χ1n) is 19.4. The Morgan fingerprint density at radius 1 is 0.278 bits per heavy atom. The highest BCUT2D eigenvalue weighted by molar-refractivity contribution is 6.19. The van der Waals surface area contributed by atoms with Crippen molar-refractivity contribution in [3.63, 3.8) is 0 Å². The molecule has 0 N–H and O–H groups in total. The van der Waals surface area contributed by atoms with Crippen LogP contribution in [0.25, 0.3) is 33.4 Å². The summed E-state index contributed by atoms with van der Waals surface area (Å²) in [4.78, 5) is 36.0. The third kappa shape index (κ3) is 5.18. The Morgan fingerprint density at radius 2 is 0.519 bits per heavy atom. The molecule has 6 aliphatic carbocycles. The van der Waals surface area contributed by atoms with E-state index in [9.17, 15) is 14.4 Å². The van der Waals surface area contributed by atoms with Crippen molar-refractivity contribution in [2.24, 2.45) is 0 Å². The number of rotatable bonds is 0. The highest BCUT2D eigenvalue weighted by Crippen LogP contribution is 2.28. The summed E-state index contributed by atoms with van der Waals surface area (Å²) in [5.41, 5.74) is 26.1. The monoisotopic (exact) mass is 714 g/mol. The number of ketones is 3. The van der Waals surface area contributed by atoms with E-state index >= 15 is 0 Å². The quantitative estimate of drug-likeness (QED) is 0.303. The summed E-state index contributed by atoms with van der Waals surface area (Å²) >= 11 is 0. The second-order valence-corrected chi connectivity index (χ2v) is 16.8. The van der Waals surface area contributed by atoms with Gasteiger partial charge in [0.05, 0.1) is 0 Å². The van der Waals surface area contributed by atoms with Crippen molar-refractivity contribution in [2.75, 3.05) is 0 Å². The molecule has 3 heteroatoms. The summed E-state index contributed by atoms with van der Waals surface area (Å²) in [6.07, 6.45) is 4.57. The molecule has 54 heavy (non-hydrogen) atoms. The molecule has 0 saturated carbocycles. The first kappa shape index (κ1) is 37.4. The molecule has 0 aromatic heterocycles. The summed E-state index contributed by atoms with van der Waals surface area (Å²) in [5, 5.41) is 7.69. The fourth-order valence-corrected chi connectivity index (χ4v) is 10.4. The number of Topliss-reactive ketones (excluding diaryl/α,β-unsaturated/α-hetero) is 3. The lowest BCUT2D eigenvalue weighted by atomic mass is 9.94. The summed E-state index contributed by atoms with van der Waals surface area (Å²) in [6.45, 7) is 37.8. The topological polar surface area (TPSA) is 51.2 Å². The van der Waals surface area contributed by atoms with Crippen LogP contribution in [0.5, 0.6) is 0 Å². The van der Waals surface area contributed by atoms with Crippen LogP contribution < -0.4 is 31.3 Å². The Hall–Kier alpha value is -4.89. The van der Waals surface area contributed by atoms with Gasteiger partial charge in [0.15, 0.2) is 17.3 Å². The molecule has 3 nitrogen and oxygen atoms in total. The van der Waals surface area contributed by atoms with Gasteiger partial charge in [-0.15, -0.1) is 0 Å². The van der Waals surface area contributed by atoms with Crippen LogP contribution in [-0.4, -0.2) is 17.3 Å². The van der Waals surface area contributed by atoms with E-state index in [0.717, 1.165) is 36.0 Å². The van der Waals surface area contributed by atoms with Crippen molar-refractivity contribution < 1.29 is 14.4 Å². The lowest BCUT2D eigenvalue weighted by molar-refractivity contribution is -0.113. The minimum Gasteiger partial charge on any atom is -0.294 e. The largest absolute Gasteiger partial charge is 0.294 e. The molecule has 0 spiro atoms. The van der Waals surface area contributed by atoms with Gasteiger partial charge in [0, 0.05) is 36.0 Å². The van der Waals surface area contributed by atoms with E-state index in [4.69, 9.17) is 0 Å². The van der Waals surface area contributed by atoms with E-state index < -0.39 is 0 Å². The van der Waals surface area contributed by atoms with Crippen molar-refractivity contribution in [3.8, 4) is 0 Å². The van der Waals surface area contributed by atoms with Crippen molar-refractivity contribution in [1.82, 2.24) is 0 Å². The van der Waals surface area contributed by atoms with E-state index in [1.54, 1.807) is 0 Å². The molecular formula is C51H54O3.